The summed E-state index contributed by atoms with van der Waals surface area (Å²) in [7, 11) is 0. The Kier molecular flexibility index (Phi) is 8.51. The summed E-state index contributed by atoms with van der Waals surface area (Å²) in [6.07, 6.45) is 4.21. The number of hydrogen-bond acceptors (Lipinski definition) is 4. The third kappa shape index (κ3) is 6.20. The van der Waals surface area contributed by atoms with E-state index in [2.05, 4.69) is 58.2 Å². The summed E-state index contributed by atoms with van der Waals surface area (Å²) in [5, 5.41) is 12.8. The highest BCUT2D eigenvalue weighted by Crippen LogP contribution is 2.26. The second-order valence-electron chi connectivity index (χ2n) is 7.34. The third-order valence-corrected chi connectivity index (χ3v) is 5.91. The molecular formula is C24H30N4OS. The Labute approximate surface area is 183 Å². The average molecular weight is 423 g/mol. The van der Waals surface area contributed by atoms with Crippen LogP contribution in [-0.2, 0) is 11.2 Å². The van der Waals surface area contributed by atoms with Crippen LogP contribution in [-0.4, -0.2) is 33.0 Å². The Bertz CT molecular complexity index is 939. The van der Waals surface area contributed by atoms with Gasteiger partial charge >= 0.3 is 0 Å². The Balaban J connectivity index is 1.70. The van der Waals surface area contributed by atoms with Crippen molar-refractivity contribution in [1.82, 2.24) is 20.1 Å². The first kappa shape index (κ1) is 22.1. The molecule has 6 heteroatoms. The Morgan fingerprint density at radius 1 is 1.03 bits per heavy atom. The minimum Gasteiger partial charge on any atom is -0.356 e. The lowest BCUT2D eigenvalue weighted by Gasteiger charge is -2.13. The fourth-order valence-corrected chi connectivity index (χ4v) is 4.13. The van der Waals surface area contributed by atoms with Crippen LogP contribution in [0.5, 0.6) is 0 Å². The molecule has 0 fully saturated rings. The van der Waals surface area contributed by atoms with Crippen LogP contribution in [0.4, 0.5) is 0 Å². The molecule has 30 heavy (non-hydrogen) atoms. The molecule has 0 radical (unpaired) electrons. The number of nitrogens with one attached hydrogen (secondary N) is 1. The number of carbonyl (C=O) groups is 1. The number of carbonyl (C=O) groups excluding carboxylic acids is 1. The number of amides is 1. The standard InChI is InChI=1S/C24H30N4OS/c1-3-4-16-25-23(29)15-10-17-30-24-27-26-22(18-20-12-6-5-7-13-20)28(24)21-14-9-8-11-19(21)2/h5-9,11-14H,3-4,10,15-18H2,1-2H3,(H,25,29). The predicted octanol–water partition coefficient (Wildman–Crippen LogP) is 4.96. The summed E-state index contributed by atoms with van der Waals surface area (Å²) in [6, 6.07) is 18.6. The fraction of sp³-hybridized carbons (Fsp3) is 0.375. The fourth-order valence-electron chi connectivity index (χ4n) is 3.23. The van der Waals surface area contributed by atoms with Gasteiger partial charge in [-0.05, 0) is 37.0 Å². The van der Waals surface area contributed by atoms with E-state index < -0.39 is 0 Å². The number of unbranched alkanes of at least 4 members (excludes halogenated alkanes) is 1. The summed E-state index contributed by atoms with van der Waals surface area (Å²) in [6.45, 7) is 5.00. The quantitative estimate of drug-likeness (QED) is 0.351. The highest BCUT2D eigenvalue weighted by atomic mass is 32.2. The minimum absolute atomic E-state index is 0.134. The van der Waals surface area contributed by atoms with Crippen molar-refractivity contribution in [3.63, 3.8) is 0 Å². The molecule has 3 rings (SSSR count). The van der Waals surface area contributed by atoms with Gasteiger partial charge in [0.25, 0.3) is 0 Å². The molecule has 0 aliphatic rings. The maximum atomic E-state index is 11.9. The van der Waals surface area contributed by atoms with Crippen LogP contribution in [0.1, 0.15) is 49.6 Å². The van der Waals surface area contributed by atoms with E-state index in [9.17, 15) is 4.79 Å². The molecule has 0 spiro atoms. The van der Waals surface area contributed by atoms with Gasteiger partial charge in [0.15, 0.2) is 5.16 Å². The molecule has 0 atom stereocenters. The van der Waals surface area contributed by atoms with Crippen LogP contribution >= 0.6 is 11.8 Å². The normalized spacial score (nSPS) is 10.9. The predicted molar refractivity (Wildman–Crippen MR) is 123 cm³/mol. The number of thioether (sulfide) groups is 1. The zero-order chi connectivity index (χ0) is 21.2. The highest BCUT2D eigenvalue weighted by Gasteiger charge is 2.16. The molecule has 3 aromatic rings. The maximum absolute atomic E-state index is 11.9. The van der Waals surface area contributed by atoms with E-state index in [0.29, 0.717) is 6.42 Å². The molecule has 0 saturated heterocycles. The smallest absolute Gasteiger partial charge is 0.220 e. The molecule has 0 unspecified atom stereocenters. The van der Waals surface area contributed by atoms with Gasteiger partial charge in [-0.2, -0.15) is 0 Å². The topological polar surface area (TPSA) is 59.8 Å². The number of benzene rings is 2. The van der Waals surface area contributed by atoms with E-state index in [-0.39, 0.29) is 5.91 Å². The van der Waals surface area contributed by atoms with Crippen molar-refractivity contribution >= 4 is 17.7 Å². The van der Waals surface area contributed by atoms with Crippen LogP contribution in [0, 0.1) is 6.92 Å². The molecule has 5 nitrogen and oxygen atoms in total. The molecule has 1 heterocycles. The lowest BCUT2D eigenvalue weighted by molar-refractivity contribution is -0.121. The molecule has 0 saturated carbocycles. The molecule has 1 N–H and O–H groups in total. The van der Waals surface area contributed by atoms with Gasteiger partial charge in [-0.1, -0.05) is 73.6 Å². The van der Waals surface area contributed by atoms with E-state index in [4.69, 9.17) is 0 Å². The van der Waals surface area contributed by atoms with Crippen molar-refractivity contribution in [2.75, 3.05) is 12.3 Å². The van der Waals surface area contributed by atoms with Crippen LogP contribution in [0.2, 0.25) is 0 Å². The molecule has 1 amide bonds. The van der Waals surface area contributed by atoms with Gasteiger partial charge in [-0.3, -0.25) is 9.36 Å². The van der Waals surface area contributed by atoms with E-state index >= 15 is 0 Å². The SMILES string of the molecule is CCCCNC(=O)CCCSc1nnc(Cc2ccccc2)n1-c1ccccc1C. The number of para-hydroxylation sites is 1. The van der Waals surface area contributed by atoms with Gasteiger partial charge in [-0.25, -0.2) is 0 Å². The minimum atomic E-state index is 0.134. The largest absolute Gasteiger partial charge is 0.356 e. The zero-order valence-electron chi connectivity index (χ0n) is 17.8. The average Bonchev–Trinajstić information content (AvgIpc) is 3.14. The summed E-state index contributed by atoms with van der Waals surface area (Å²) < 4.78 is 2.16. The van der Waals surface area contributed by atoms with Crippen molar-refractivity contribution in [2.45, 2.75) is 51.1 Å². The van der Waals surface area contributed by atoms with Crippen molar-refractivity contribution in [3.8, 4) is 5.69 Å². The van der Waals surface area contributed by atoms with Gasteiger partial charge in [-0.15, -0.1) is 10.2 Å². The summed E-state index contributed by atoms with van der Waals surface area (Å²) in [4.78, 5) is 11.9. The van der Waals surface area contributed by atoms with Gasteiger partial charge < -0.3 is 5.32 Å². The molecule has 158 valence electrons. The monoisotopic (exact) mass is 422 g/mol. The Hall–Kier alpha value is -2.60. The number of nitrogens with zero attached hydrogens (tertiary/aromatic N) is 3. The van der Waals surface area contributed by atoms with E-state index in [1.165, 1.54) is 11.1 Å². The number of hydrogen-bond donors (Lipinski definition) is 1. The Morgan fingerprint density at radius 2 is 1.80 bits per heavy atom. The van der Waals surface area contributed by atoms with E-state index in [0.717, 1.165) is 54.6 Å². The lowest BCUT2D eigenvalue weighted by atomic mass is 10.1. The first-order valence-electron chi connectivity index (χ1n) is 10.6. The van der Waals surface area contributed by atoms with Crippen molar-refractivity contribution < 1.29 is 4.79 Å². The van der Waals surface area contributed by atoms with Gasteiger partial charge in [0, 0.05) is 25.1 Å². The van der Waals surface area contributed by atoms with Crippen LogP contribution in [0.25, 0.3) is 5.69 Å². The molecule has 0 bridgehead atoms. The van der Waals surface area contributed by atoms with Crippen LogP contribution < -0.4 is 5.32 Å². The van der Waals surface area contributed by atoms with Crippen LogP contribution in [0.15, 0.2) is 59.8 Å². The lowest BCUT2D eigenvalue weighted by Crippen LogP contribution is -2.24. The molecule has 1 aromatic heterocycles. The highest BCUT2D eigenvalue weighted by molar-refractivity contribution is 7.99. The van der Waals surface area contributed by atoms with E-state index in [1.54, 1.807) is 11.8 Å². The van der Waals surface area contributed by atoms with Crippen molar-refractivity contribution in [1.29, 1.82) is 0 Å². The molecule has 2 aromatic carbocycles. The molecule has 0 aliphatic heterocycles. The summed E-state index contributed by atoms with van der Waals surface area (Å²) in [5.74, 6) is 1.89. The maximum Gasteiger partial charge on any atom is 0.220 e. The summed E-state index contributed by atoms with van der Waals surface area (Å²) in [5.41, 5.74) is 3.50. The molecule has 0 aliphatic carbocycles. The second kappa shape index (κ2) is 11.6. The van der Waals surface area contributed by atoms with E-state index in [1.807, 2.05) is 30.3 Å². The number of aryl methyl sites for hydroxylation is 1. The number of rotatable bonds is 11. The first-order chi connectivity index (χ1) is 14.7. The van der Waals surface area contributed by atoms with Crippen molar-refractivity contribution in [2.24, 2.45) is 0 Å². The third-order valence-electron chi connectivity index (χ3n) is 4.89. The number of aromatic nitrogens is 3. The zero-order valence-corrected chi connectivity index (χ0v) is 18.6. The first-order valence-corrected chi connectivity index (χ1v) is 11.6. The summed E-state index contributed by atoms with van der Waals surface area (Å²) >= 11 is 1.66. The van der Waals surface area contributed by atoms with Crippen LogP contribution in [0.3, 0.4) is 0 Å². The van der Waals surface area contributed by atoms with Gasteiger partial charge in [0.05, 0.1) is 5.69 Å². The van der Waals surface area contributed by atoms with Gasteiger partial charge in [0.1, 0.15) is 5.82 Å². The second-order valence-corrected chi connectivity index (χ2v) is 8.40. The van der Waals surface area contributed by atoms with Crippen molar-refractivity contribution in [3.05, 3.63) is 71.5 Å². The Morgan fingerprint density at radius 3 is 2.57 bits per heavy atom. The molecular weight excluding hydrogens is 392 g/mol. The van der Waals surface area contributed by atoms with Gasteiger partial charge in [0.2, 0.25) is 5.91 Å².